The van der Waals surface area contributed by atoms with Crippen molar-refractivity contribution in [2.24, 2.45) is 0 Å². The van der Waals surface area contributed by atoms with Crippen LogP contribution in [0.5, 0.6) is 0 Å². The lowest BCUT2D eigenvalue weighted by atomic mass is 10.0. The van der Waals surface area contributed by atoms with Gasteiger partial charge in [0.15, 0.2) is 5.03 Å². The Bertz CT molecular complexity index is 406. The Kier molecular flexibility index (Phi) is 4.96. The maximum absolute atomic E-state index is 12.0. The third-order valence-corrected chi connectivity index (χ3v) is 5.95. The van der Waals surface area contributed by atoms with Gasteiger partial charge in [-0.3, -0.25) is 0 Å². The van der Waals surface area contributed by atoms with Crippen LogP contribution < -0.4 is 4.72 Å². The Balaban J connectivity index is 2.96. The van der Waals surface area contributed by atoms with Gasteiger partial charge < -0.3 is 4.98 Å². The van der Waals surface area contributed by atoms with E-state index in [9.17, 15) is 8.42 Å². The summed E-state index contributed by atoms with van der Waals surface area (Å²) in [6, 6.07) is 0. The molecule has 0 unspecified atom stereocenters. The molecule has 0 saturated heterocycles. The molecule has 0 aliphatic carbocycles. The molecule has 0 aliphatic heterocycles. The van der Waals surface area contributed by atoms with E-state index >= 15 is 0 Å². The molecule has 0 bridgehead atoms. The van der Waals surface area contributed by atoms with Crippen LogP contribution in [0.3, 0.4) is 0 Å². The van der Waals surface area contributed by atoms with Gasteiger partial charge in [0.05, 0.1) is 18.1 Å². The highest BCUT2D eigenvalue weighted by Gasteiger charge is 2.32. The molecule has 0 saturated carbocycles. The summed E-state index contributed by atoms with van der Waals surface area (Å²) in [5, 5.41) is 1.15. The first-order valence-electron chi connectivity index (χ1n) is 4.64. The van der Waals surface area contributed by atoms with E-state index in [2.05, 4.69) is 46.5 Å². The molecule has 0 spiro atoms. The number of nitrogens with one attached hydrogen (secondary N) is 2. The summed E-state index contributed by atoms with van der Waals surface area (Å²) >= 11 is 6.65. The Morgan fingerprint density at radius 2 is 2.12 bits per heavy atom. The Morgan fingerprint density at radius 3 is 2.50 bits per heavy atom. The Hall–Kier alpha value is 0.0800. The van der Waals surface area contributed by atoms with Crippen LogP contribution in [0.25, 0.3) is 0 Å². The minimum atomic E-state index is -3.54. The van der Waals surface area contributed by atoms with Gasteiger partial charge in [0, 0.05) is 10.7 Å². The van der Waals surface area contributed by atoms with E-state index in [1.807, 2.05) is 6.92 Å². The third-order valence-electron chi connectivity index (χ3n) is 2.30. The van der Waals surface area contributed by atoms with Crippen molar-refractivity contribution in [3.63, 3.8) is 0 Å². The number of alkyl halides is 2. The molecule has 2 N–H and O–H groups in total. The lowest BCUT2D eigenvalue weighted by Gasteiger charge is -2.29. The number of aromatic amines is 1. The number of sulfonamides is 1. The predicted molar refractivity (Wildman–Crippen MR) is 69.5 cm³/mol. The van der Waals surface area contributed by atoms with Gasteiger partial charge in [-0.05, 0) is 6.42 Å². The van der Waals surface area contributed by atoms with E-state index in [-0.39, 0.29) is 5.03 Å². The minimum absolute atomic E-state index is 0.0761. The van der Waals surface area contributed by atoms with Crippen LogP contribution in [0.2, 0.25) is 0 Å². The van der Waals surface area contributed by atoms with E-state index in [1.54, 1.807) is 0 Å². The molecule has 0 aromatic carbocycles. The number of hydrogen-bond donors (Lipinski definition) is 2. The van der Waals surface area contributed by atoms with Crippen molar-refractivity contribution in [1.29, 1.82) is 0 Å². The summed E-state index contributed by atoms with van der Waals surface area (Å²) in [7, 11) is -3.54. The van der Waals surface area contributed by atoms with E-state index in [1.165, 1.54) is 12.5 Å². The SMILES string of the molecule is CCC(CBr)(CBr)NS(=O)(=O)c1cnc[nH]1. The number of rotatable bonds is 6. The standard InChI is InChI=1S/C8H13Br2N3O2S/c1-2-8(4-9,5-10)13-16(14,15)7-3-11-6-12-7/h3,6,13H,2,4-5H2,1H3,(H,11,12). The molecule has 5 nitrogen and oxygen atoms in total. The van der Waals surface area contributed by atoms with E-state index in [0.29, 0.717) is 17.1 Å². The number of hydrogen-bond acceptors (Lipinski definition) is 3. The summed E-state index contributed by atoms with van der Waals surface area (Å²) < 4.78 is 26.6. The first kappa shape index (κ1) is 14.1. The second-order valence-corrected chi connectivity index (χ2v) is 6.19. The molecule has 16 heavy (non-hydrogen) atoms. The Morgan fingerprint density at radius 1 is 1.50 bits per heavy atom. The fraction of sp³-hybridized carbons (Fsp3) is 0.625. The number of halogens is 2. The van der Waals surface area contributed by atoms with E-state index in [0.717, 1.165) is 0 Å². The maximum atomic E-state index is 12.0. The van der Waals surface area contributed by atoms with Crippen molar-refractivity contribution < 1.29 is 8.42 Å². The molecule has 0 aliphatic rings. The summed E-state index contributed by atoms with van der Waals surface area (Å²) in [6.45, 7) is 1.93. The highest BCUT2D eigenvalue weighted by atomic mass is 79.9. The van der Waals surface area contributed by atoms with Crippen molar-refractivity contribution >= 4 is 41.9 Å². The fourth-order valence-electron chi connectivity index (χ4n) is 1.08. The molecule has 1 heterocycles. The van der Waals surface area contributed by atoms with E-state index in [4.69, 9.17) is 0 Å². The average Bonchev–Trinajstić information content (AvgIpc) is 2.80. The van der Waals surface area contributed by atoms with Crippen LogP contribution in [0.15, 0.2) is 17.6 Å². The first-order chi connectivity index (χ1) is 7.49. The second-order valence-electron chi connectivity index (χ2n) is 3.42. The molecule has 8 heteroatoms. The third kappa shape index (κ3) is 3.06. The van der Waals surface area contributed by atoms with Crippen LogP contribution in [0, 0.1) is 0 Å². The number of nitrogens with zero attached hydrogens (tertiary/aromatic N) is 1. The largest absolute Gasteiger partial charge is 0.335 e. The van der Waals surface area contributed by atoms with Crippen molar-refractivity contribution in [3.05, 3.63) is 12.5 Å². The smallest absolute Gasteiger partial charge is 0.258 e. The van der Waals surface area contributed by atoms with Crippen LogP contribution in [-0.2, 0) is 10.0 Å². The molecule has 1 aromatic heterocycles. The van der Waals surface area contributed by atoms with Gasteiger partial charge in [-0.1, -0.05) is 38.8 Å². The maximum Gasteiger partial charge on any atom is 0.258 e. The van der Waals surface area contributed by atoms with Gasteiger partial charge in [0.25, 0.3) is 10.0 Å². The molecule has 92 valence electrons. The van der Waals surface area contributed by atoms with Crippen molar-refractivity contribution in [2.45, 2.75) is 23.9 Å². The van der Waals surface area contributed by atoms with Crippen molar-refractivity contribution in [1.82, 2.24) is 14.7 Å². The lowest BCUT2D eigenvalue weighted by molar-refractivity contribution is 0.458. The van der Waals surface area contributed by atoms with Gasteiger partial charge in [-0.15, -0.1) is 0 Å². The van der Waals surface area contributed by atoms with Gasteiger partial charge in [0.2, 0.25) is 0 Å². The first-order valence-corrected chi connectivity index (χ1v) is 8.36. The highest BCUT2D eigenvalue weighted by molar-refractivity contribution is 9.09. The summed E-state index contributed by atoms with van der Waals surface area (Å²) in [6.07, 6.45) is 3.30. The summed E-state index contributed by atoms with van der Waals surface area (Å²) in [4.78, 5) is 6.28. The van der Waals surface area contributed by atoms with Crippen LogP contribution in [0.4, 0.5) is 0 Å². The molecule has 0 fully saturated rings. The zero-order valence-electron chi connectivity index (χ0n) is 8.70. The van der Waals surface area contributed by atoms with Gasteiger partial charge in [-0.25, -0.2) is 18.1 Å². The quantitative estimate of drug-likeness (QED) is 0.743. The number of aromatic nitrogens is 2. The lowest BCUT2D eigenvalue weighted by Crippen LogP contribution is -2.50. The molecule has 1 rings (SSSR count). The summed E-state index contributed by atoms with van der Waals surface area (Å²) in [5.74, 6) is 0. The zero-order valence-corrected chi connectivity index (χ0v) is 12.7. The van der Waals surface area contributed by atoms with Crippen LogP contribution in [0.1, 0.15) is 13.3 Å². The van der Waals surface area contributed by atoms with Crippen molar-refractivity contribution in [3.8, 4) is 0 Å². The zero-order chi connectivity index (χ0) is 12.2. The van der Waals surface area contributed by atoms with Crippen LogP contribution in [-0.4, -0.2) is 34.6 Å². The van der Waals surface area contributed by atoms with E-state index < -0.39 is 15.6 Å². The molecular formula is C8H13Br2N3O2S. The molecule has 0 atom stereocenters. The predicted octanol–water partition coefficient (Wildman–Crippen LogP) is 1.63. The topological polar surface area (TPSA) is 74.8 Å². The Labute approximate surface area is 112 Å². The van der Waals surface area contributed by atoms with Crippen molar-refractivity contribution in [2.75, 3.05) is 10.7 Å². The normalized spacial score (nSPS) is 12.9. The molecule has 0 amide bonds. The highest BCUT2D eigenvalue weighted by Crippen LogP contribution is 2.19. The molecular weight excluding hydrogens is 362 g/mol. The monoisotopic (exact) mass is 373 g/mol. The second kappa shape index (κ2) is 5.61. The number of H-pyrrole nitrogens is 1. The number of imidazole rings is 1. The summed E-state index contributed by atoms with van der Waals surface area (Å²) in [5.41, 5.74) is -0.524. The average molecular weight is 375 g/mol. The van der Waals surface area contributed by atoms with Gasteiger partial charge >= 0.3 is 0 Å². The minimum Gasteiger partial charge on any atom is -0.335 e. The fourth-order valence-corrected chi connectivity index (χ4v) is 4.83. The molecule has 1 aromatic rings. The van der Waals surface area contributed by atoms with Gasteiger partial charge in [0.1, 0.15) is 0 Å². The molecule has 0 radical (unpaired) electrons. The van der Waals surface area contributed by atoms with Gasteiger partial charge in [-0.2, -0.15) is 0 Å². The van der Waals surface area contributed by atoms with Crippen LogP contribution >= 0.6 is 31.9 Å².